The monoisotopic (exact) mass is 341 g/mol. The first-order valence-electron chi connectivity index (χ1n) is 5.46. The second-order valence-corrected chi connectivity index (χ2v) is 6.91. The summed E-state index contributed by atoms with van der Waals surface area (Å²) in [5, 5.41) is -0.102. The molecule has 92 valence electrons. The summed E-state index contributed by atoms with van der Waals surface area (Å²) in [7, 11) is 0. The van der Waals surface area contributed by atoms with E-state index in [1.165, 1.54) is 0 Å². The van der Waals surface area contributed by atoms with Gasteiger partial charge in [-0.1, -0.05) is 12.1 Å². The van der Waals surface area contributed by atoms with Crippen molar-refractivity contribution in [2.75, 3.05) is 0 Å². The van der Waals surface area contributed by atoms with Crippen LogP contribution in [0.3, 0.4) is 0 Å². The number of thiophene rings is 1. The van der Waals surface area contributed by atoms with Crippen molar-refractivity contribution in [3.05, 3.63) is 51.0 Å². The van der Waals surface area contributed by atoms with Crippen LogP contribution in [0.15, 0.2) is 44.6 Å². The van der Waals surface area contributed by atoms with E-state index in [0.717, 1.165) is 19.8 Å². The molecule has 0 N–H and O–H groups in total. The third kappa shape index (κ3) is 2.46. The Labute approximate surface area is 122 Å². The zero-order valence-corrected chi connectivity index (χ0v) is 12.4. The normalized spacial score (nSPS) is 13.0. The summed E-state index contributed by atoms with van der Waals surface area (Å²) >= 11 is 11.4. The molecule has 3 rings (SSSR count). The van der Waals surface area contributed by atoms with Gasteiger partial charge in [0.05, 0.1) is 9.16 Å². The van der Waals surface area contributed by atoms with Gasteiger partial charge in [-0.25, -0.2) is 4.98 Å². The van der Waals surface area contributed by atoms with Crippen LogP contribution < -0.4 is 0 Å². The Balaban J connectivity index is 1.83. The highest BCUT2D eigenvalue weighted by molar-refractivity contribution is 9.11. The fourth-order valence-corrected chi connectivity index (χ4v) is 3.50. The molecule has 18 heavy (non-hydrogen) atoms. The van der Waals surface area contributed by atoms with Crippen LogP contribution in [0.1, 0.15) is 16.1 Å². The van der Waals surface area contributed by atoms with Crippen molar-refractivity contribution >= 4 is 50.0 Å². The summed E-state index contributed by atoms with van der Waals surface area (Å²) in [6.07, 6.45) is 0.600. The zero-order valence-electron chi connectivity index (χ0n) is 9.27. The largest absolute Gasteiger partial charge is 0.441 e. The second kappa shape index (κ2) is 5.03. The number of halogens is 2. The van der Waals surface area contributed by atoms with Gasteiger partial charge < -0.3 is 4.42 Å². The number of benzene rings is 1. The van der Waals surface area contributed by atoms with Crippen molar-refractivity contribution in [1.82, 2.24) is 4.98 Å². The third-order valence-electron chi connectivity index (χ3n) is 2.59. The lowest BCUT2D eigenvalue weighted by Gasteiger charge is -2.02. The number of aromatic nitrogens is 1. The van der Waals surface area contributed by atoms with Crippen LogP contribution in [0.5, 0.6) is 0 Å². The molecule has 2 aromatic heterocycles. The van der Waals surface area contributed by atoms with E-state index >= 15 is 0 Å². The third-order valence-corrected chi connectivity index (χ3v) is 4.85. The van der Waals surface area contributed by atoms with E-state index in [-0.39, 0.29) is 5.38 Å². The molecule has 0 saturated carbocycles. The molecule has 0 radical (unpaired) electrons. The highest BCUT2D eigenvalue weighted by Crippen LogP contribution is 2.33. The summed E-state index contributed by atoms with van der Waals surface area (Å²) in [6.45, 7) is 0. The molecule has 1 atom stereocenters. The summed E-state index contributed by atoms with van der Waals surface area (Å²) in [5.74, 6) is 0.681. The van der Waals surface area contributed by atoms with Gasteiger partial charge in [0.1, 0.15) is 5.52 Å². The van der Waals surface area contributed by atoms with Gasteiger partial charge >= 0.3 is 0 Å². The first-order chi connectivity index (χ1) is 8.72. The molecule has 3 aromatic rings. The van der Waals surface area contributed by atoms with E-state index in [4.69, 9.17) is 16.0 Å². The molecule has 0 fully saturated rings. The minimum Gasteiger partial charge on any atom is -0.441 e. The minimum absolute atomic E-state index is 0.102. The van der Waals surface area contributed by atoms with Crippen LogP contribution in [-0.4, -0.2) is 4.98 Å². The smallest absolute Gasteiger partial charge is 0.197 e. The maximum atomic E-state index is 6.37. The molecular weight excluding hydrogens is 334 g/mol. The van der Waals surface area contributed by atoms with E-state index in [2.05, 4.69) is 20.9 Å². The van der Waals surface area contributed by atoms with E-state index in [9.17, 15) is 0 Å². The van der Waals surface area contributed by atoms with Gasteiger partial charge in [-0.15, -0.1) is 22.9 Å². The molecule has 0 bridgehead atoms. The predicted octanol–water partition coefficient (Wildman–Crippen LogP) is 5.17. The summed E-state index contributed by atoms with van der Waals surface area (Å²) < 4.78 is 6.75. The molecule has 2 nitrogen and oxygen atoms in total. The lowest BCUT2D eigenvalue weighted by atomic mass is 10.2. The standard InChI is InChI=1S/C13H9BrClNOS/c14-12-6-5-11(18-12)8(15)7-13-16-9-3-1-2-4-10(9)17-13/h1-6,8H,7H2. The summed E-state index contributed by atoms with van der Waals surface area (Å²) in [4.78, 5) is 5.54. The van der Waals surface area contributed by atoms with Crippen LogP contribution >= 0.6 is 38.9 Å². The minimum atomic E-state index is -0.102. The number of hydrogen-bond acceptors (Lipinski definition) is 3. The van der Waals surface area contributed by atoms with Crippen molar-refractivity contribution in [3.8, 4) is 0 Å². The summed E-state index contributed by atoms with van der Waals surface area (Å²) in [6, 6.07) is 11.8. The Bertz CT molecular complexity index is 645. The lowest BCUT2D eigenvalue weighted by Crippen LogP contribution is -1.93. The number of rotatable bonds is 3. The Kier molecular flexibility index (Phi) is 3.41. The Morgan fingerprint density at radius 3 is 2.83 bits per heavy atom. The van der Waals surface area contributed by atoms with Gasteiger partial charge in [0, 0.05) is 11.3 Å². The number of hydrogen-bond donors (Lipinski definition) is 0. The summed E-state index contributed by atoms with van der Waals surface area (Å²) in [5.41, 5.74) is 1.69. The topological polar surface area (TPSA) is 26.0 Å². The number of fused-ring (bicyclic) bond motifs is 1. The second-order valence-electron chi connectivity index (χ2n) is 3.89. The molecule has 0 aliphatic carbocycles. The van der Waals surface area contributed by atoms with Crippen LogP contribution in [0.25, 0.3) is 11.1 Å². The average Bonchev–Trinajstić information content (AvgIpc) is 2.94. The van der Waals surface area contributed by atoms with Gasteiger partial charge in [0.25, 0.3) is 0 Å². The van der Waals surface area contributed by atoms with Crippen molar-refractivity contribution in [2.24, 2.45) is 0 Å². The van der Waals surface area contributed by atoms with Crippen molar-refractivity contribution in [2.45, 2.75) is 11.8 Å². The maximum absolute atomic E-state index is 6.37. The van der Waals surface area contributed by atoms with Gasteiger partial charge in [-0.05, 0) is 40.2 Å². The number of oxazole rings is 1. The van der Waals surface area contributed by atoms with E-state index in [0.29, 0.717) is 12.3 Å². The fourth-order valence-electron chi connectivity index (χ4n) is 1.76. The highest BCUT2D eigenvalue weighted by atomic mass is 79.9. The molecule has 0 amide bonds. The molecule has 1 unspecified atom stereocenters. The molecule has 5 heteroatoms. The SMILES string of the molecule is ClC(Cc1nc2ccccc2o1)c1ccc(Br)s1. The molecular formula is C13H9BrClNOS. The van der Waals surface area contributed by atoms with Crippen LogP contribution in [0.4, 0.5) is 0 Å². The Morgan fingerprint density at radius 1 is 1.28 bits per heavy atom. The lowest BCUT2D eigenvalue weighted by molar-refractivity contribution is 0.526. The molecule has 2 heterocycles. The van der Waals surface area contributed by atoms with Crippen LogP contribution in [-0.2, 0) is 6.42 Å². The van der Waals surface area contributed by atoms with E-state index in [1.54, 1.807) is 11.3 Å². The van der Waals surface area contributed by atoms with Crippen molar-refractivity contribution in [1.29, 1.82) is 0 Å². The first-order valence-corrected chi connectivity index (χ1v) is 7.51. The molecule has 0 aliphatic rings. The van der Waals surface area contributed by atoms with Gasteiger partial charge in [0.2, 0.25) is 0 Å². The molecule has 0 spiro atoms. The quantitative estimate of drug-likeness (QED) is 0.613. The van der Waals surface area contributed by atoms with Gasteiger partial charge in [-0.2, -0.15) is 0 Å². The first kappa shape index (κ1) is 12.2. The predicted molar refractivity (Wildman–Crippen MR) is 78.3 cm³/mol. The van der Waals surface area contributed by atoms with E-state index < -0.39 is 0 Å². The molecule has 1 aromatic carbocycles. The van der Waals surface area contributed by atoms with Crippen LogP contribution in [0, 0.1) is 0 Å². The Hall–Kier alpha value is -0.840. The fraction of sp³-hybridized carbons (Fsp3) is 0.154. The molecule has 0 aliphatic heterocycles. The number of para-hydroxylation sites is 2. The van der Waals surface area contributed by atoms with Gasteiger partial charge in [-0.3, -0.25) is 0 Å². The number of alkyl halides is 1. The zero-order chi connectivity index (χ0) is 12.5. The maximum Gasteiger partial charge on any atom is 0.197 e. The average molecular weight is 343 g/mol. The number of nitrogens with zero attached hydrogens (tertiary/aromatic N) is 1. The van der Waals surface area contributed by atoms with Crippen LogP contribution in [0.2, 0.25) is 0 Å². The highest BCUT2D eigenvalue weighted by Gasteiger charge is 2.15. The van der Waals surface area contributed by atoms with Gasteiger partial charge in [0.15, 0.2) is 11.5 Å². The Morgan fingerprint density at radius 2 is 2.11 bits per heavy atom. The molecule has 0 saturated heterocycles. The van der Waals surface area contributed by atoms with E-state index in [1.807, 2.05) is 36.4 Å². The van der Waals surface area contributed by atoms with Crippen molar-refractivity contribution < 1.29 is 4.42 Å². The van der Waals surface area contributed by atoms with Crippen molar-refractivity contribution in [3.63, 3.8) is 0 Å².